The van der Waals surface area contributed by atoms with E-state index >= 15 is 0 Å². The predicted molar refractivity (Wildman–Crippen MR) is 200 cm³/mol. The van der Waals surface area contributed by atoms with Gasteiger partial charge in [0.1, 0.15) is 18.4 Å². The lowest BCUT2D eigenvalue weighted by atomic mass is 9.76. The molecule has 0 aliphatic heterocycles. The minimum absolute atomic E-state index is 0.530. The van der Waals surface area contributed by atoms with Gasteiger partial charge in [0.05, 0.1) is 5.54 Å². The number of rotatable bonds is 13. The Morgan fingerprint density at radius 1 is 0.510 bits per heavy atom. The van der Waals surface area contributed by atoms with E-state index in [9.17, 15) is 0 Å². The zero-order chi connectivity index (χ0) is 33.4. The van der Waals surface area contributed by atoms with Crippen LogP contribution in [0.1, 0.15) is 39.1 Å². The molecule has 0 radical (unpaired) electrons. The lowest BCUT2D eigenvalue weighted by molar-refractivity contribution is -0.734. The largest absolute Gasteiger partial charge is 0.300 e. The number of nitrogens with zero attached hydrogens (tertiary/aromatic N) is 2. The van der Waals surface area contributed by atoms with E-state index in [1.165, 1.54) is 39.1 Å². The van der Waals surface area contributed by atoms with Gasteiger partial charge in [0, 0.05) is 29.7 Å². The molecule has 0 aliphatic rings. The smallest absolute Gasteiger partial charge is 0.245 e. The van der Waals surface area contributed by atoms with E-state index in [-0.39, 0.29) is 0 Å². The lowest BCUT2D eigenvalue weighted by Crippen LogP contribution is -2.57. The summed E-state index contributed by atoms with van der Waals surface area (Å²) in [6.45, 7) is 5.59. The average molecular weight is 637 g/mol. The first-order valence-electron chi connectivity index (χ1n) is 17.1. The van der Waals surface area contributed by atoms with E-state index in [0.29, 0.717) is 6.54 Å². The number of allylic oxidation sites excluding steroid dienone is 1. The molecule has 0 atom stereocenters. The molecule has 3 nitrogen and oxygen atoms in total. The molecule has 3 heteroatoms. The van der Waals surface area contributed by atoms with Crippen LogP contribution in [0.4, 0.5) is 0 Å². The number of benzene rings is 6. The molecule has 49 heavy (non-hydrogen) atoms. The van der Waals surface area contributed by atoms with Crippen molar-refractivity contribution >= 4 is 0 Å². The van der Waals surface area contributed by atoms with Crippen molar-refractivity contribution in [1.29, 1.82) is 0 Å². The highest BCUT2D eigenvalue weighted by Gasteiger charge is 2.44. The number of hydrogen-bond donors (Lipinski definition) is 1. The van der Waals surface area contributed by atoms with Gasteiger partial charge in [-0.05, 0) is 16.7 Å². The topological polar surface area (TPSA) is 20.8 Å². The summed E-state index contributed by atoms with van der Waals surface area (Å²) < 4.78 is 4.75. The van der Waals surface area contributed by atoms with Crippen molar-refractivity contribution in [2.45, 2.75) is 24.0 Å². The first-order chi connectivity index (χ1) is 24.3. The molecular weight excluding hydrogens is 595 g/mol. The molecule has 0 bridgehead atoms. The van der Waals surface area contributed by atoms with Gasteiger partial charge in [-0.1, -0.05) is 195 Å². The van der Waals surface area contributed by atoms with Crippen LogP contribution in [-0.4, -0.2) is 11.1 Å². The third-order valence-corrected chi connectivity index (χ3v) is 9.60. The monoisotopic (exact) mass is 636 g/mol. The van der Waals surface area contributed by atoms with E-state index in [0.717, 1.165) is 13.0 Å². The molecule has 0 fully saturated rings. The molecule has 0 aliphatic carbocycles. The van der Waals surface area contributed by atoms with Gasteiger partial charge in [-0.2, -0.15) is 0 Å². The standard InChI is InChI=1S/C46H42N3/c1-2-35-48-37-49(46(41-27-15-6-16-28-41,42-29-17-7-18-30-42)43-31-19-8-20-32-43)36-44(48)33-34-47-45(38-21-9-3-10-22-38,39-23-11-4-12-24-39)40-25-13-5-14-26-40/h2-32,36-37,47H,1,33-35H2/q+1. The first-order valence-corrected chi connectivity index (χ1v) is 17.1. The molecule has 1 aromatic heterocycles. The van der Waals surface area contributed by atoms with Crippen molar-refractivity contribution in [2.24, 2.45) is 0 Å². The molecule has 0 unspecified atom stereocenters. The van der Waals surface area contributed by atoms with Crippen LogP contribution in [0.2, 0.25) is 0 Å². The van der Waals surface area contributed by atoms with Gasteiger partial charge in [0.25, 0.3) is 0 Å². The zero-order valence-corrected chi connectivity index (χ0v) is 27.8. The van der Waals surface area contributed by atoms with E-state index in [4.69, 9.17) is 0 Å². The summed E-state index contributed by atoms with van der Waals surface area (Å²) in [5.74, 6) is 0. The van der Waals surface area contributed by atoms with Gasteiger partial charge in [0.2, 0.25) is 6.33 Å². The van der Waals surface area contributed by atoms with E-state index < -0.39 is 11.1 Å². The van der Waals surface area contributed by atoms with Crippen LogP contribution in [0.3, 0.4) is 0 Å². The van der Waals surface area contributed by atoms with Gasteiger partial charge in [-0.15, -0.1) is 0 Å². The maximum atomic E-state index is 4.14. The number of aromatic nitrogens is 2. The molecule has 0 saturated heterocycles. The van der Waals surface area contributed by atoms with Crippen LogP contribution in [0.15, 0.2) is 207 Å². The fourth-order valence-corrected chi connectivity index (χ4v) is 7.42. The minimum Gasteiger partial charge on any atom is -0.300 e. The summed E-state index contributed by atoms with van der Waals surface area (Å²) in [5, 5.41) is 4.09. The summed E-state index contributed by atoms with van der Waals surface area (Å²) in [6, 6.07) is 65.0. The SMILES string of the molecule is C=CCn1c[n+](C(c2ccccc2)(c2ccccc2)c2ccccc2)cc1CCNC(c1ccccc1)(c1ccccc1)c1ccccc1. The van der Waals surface area contributed by atoms with Crippen molar-refractivity contribution in [3.8, 4) is 0 Å². The van der Waals surface area contributed by atoms with Gasteiger partial charge in [0.15, 0.2) is 5.54 Å². The Hall–Kier alpha value is -5.77. The Kier molecular flexibility index (Phi) is 9.45. The summed E-state index contributed by atoms with van der Waals surface area (Å²) in [7, 11) is 0. The van der Waals surface area contributed by atoms with Crippen molar-refractivity contribution in [3.63, 3.8) is 0 Å². The quantitative estimate of drug-likeness (QED) is 0.0762. The Labute approximate surface area is 290 Å². The van der Waals surface area contributed by atoms with Crippen LogP contribution in [-0.2, 0) is 24.0 Å². The third kappa shape index (κ3) is 6.06. The Balaban J connectivity index is 1.34. The second kappa shape index (κ2) is 14.6. The molecule has 6 aromatic carbocycles. The molecular formula is C46H42N3+. The van der Waals surface area contributed by atoms with Crippen molar-refractivity contribution in [2.75, 3.05) is 6.54 Å². The maximum Gasteiger partial charge on any atom is 0.245 e. The summed E-state index contributed by atoms with van der Waals surface area (Å²) in [5.41, 5.74) is 7.35. The number of hydrogen-bond acceptors (Lipinski definition) is 1. The van der Waals surface area contributed by atoms with Crippen LogP contribution in [0.5, 0.6) is 0 Å². The van der Waals surface area contributed by atoms with E-state index in [1.807, 2.05) is 6.08 Å². The Morgan fingerprint density at radius 3 is 1.20 bits per heavy atom. The van der Waals surface area contributed by atoms with Crippen molar-refractivity contribution < 1.29 is 4.57 Å². The summed E-state index contributed by atoms with van der Waals surface area (Å²) in [4.78, 5) is 0. The van der Waals surface area contributed by atoms with Crippen LogP contribution >= 0.6 is 0 Å². The van der Waals surface area contributed by atoms with Gasteiger partial charge in [-0.3, -0.25) is 5.32 Å². The zero-order valence-electron chi connectivity index (χ0n) is 27.8. The average Bonchev–Trinajstić information content (AvgIpc) is 3.58. The molecule has 1 heterocycles. The molecule has 7 aromatic rings. The van der Waals surface area contributed by atoms with Crippen molar-refractivity contribution in [3.05, 3.63) is 246 Å². The molecule has 0 spiro atoms. The Morgan fingerprint density at radius 2 is 0.857 bits per heavy atom. The summed E-state index contributed by atoms with van der Waals surface area (Å²) in [6.07, 6.45) is 7.40. The fraction of sp³-hybridized carbons (Fsp3) is 0.109. The van der Waals surface area contributed by atoms with Gasteiger partial charge < -0.3 is 0 Å². The highest BCUT2D eigenvalue weighted by atomic mass is 15.2. The van der Waals surface area contributed by atoms with E-state index in [1.54, 1.807) is 0 Å². The number of imidazole rings is 1. The van der Waals surface area contributed by atoms with Crippen LogP contribution in [0, 0.1) is 0 Å². The fourth-order valence-electron chi connectivity index (χ4n) is 7.42. The normalized spacial score (nSPS) is 11.7. The number of nitrogens with one attached hydrogen (secondary N) is 1. The highest BCUT2D eigenvalue weighted by molar-refractivity contribution is 5.50. The second-order valence-corrected chi connectivity index (χ2v) is 12.4. The van der Waals surface area contributed by atoms with E-state index in [2.05, 4.69) is 216 Å². The lowest BCUT2D eigenvalue weighted by Gasteiger charge is -2.37. The molecule has 7 rings (SSSR count). The first kappa shape index (κ1) is 31.8. The summed E-state index contributed by atoms with van der Waals surface area (Å²) >= 11 is 0. The predicted octanol–water partition coefficient (Wildman–Crippen LogP) is 8.93. The van der Waals surface area contributed by atoms with Gasteiger partial charge >= 0.3 is 0 Å². The molecule has 0 saturated carbocycles. The molecule has 0 amide bonds. The molecule has 240 valence electrons. The Bertz CT molecular complexity index is 1860. The van der Waals surface area contributed by atoms with Crippen molar-refractivity contribution in [1.82, 2.24) is 9.88 Å². The highest BCUT2D eigenvalue weighted by Crippen LogP contribution is 2.38. The maximum absolute atomic E-state index is 4.14. The van der Waals surface area contributed by atoms with Crippen LogP contribution in [0.25, 0.3) is 0 Å². The van der Waals surface area contributed by atoms with Gasteiger partial charge in [-0.25, -0.2) is 9.13 Å². The second-order valence-electron chi connectivity index (χ2n) is 12.4. The van der Waals surface area contributed by atoms with Crippen LogP contribution < -0.4 is 9.88 Å². The third-order valence-electron chi connectivity index (χ3n) is 9.60. The molecule has 1 N–H and O–H groups in total. The minimum atomic E-state index is -0.583.